The summed E-state index contributed by atoms with van der Waals surface area (Å²) in [5.41, 5.74) is 17.2. The van der Waals surface area contributed by atoms with Gasteiger partial charge in [-0.2, -0.15) is 0 Å². The van der Waals surface area contributed by atoms with Crippen molar-refractivity contribution in [1.82, 2.24) is 0 Å². The first-order valence-corrected chi connectivity index (χ1v) is 9.86. The van der Waals surface area contributed by atoms with Crippen molar-refractivity contribution in [2.24, 2.45) is 5.73 Å². The SMILES string of the molecule is NC(=O)c1c(-c2ccc(NC(=O)Nc3ccc4c(c3)CCC4)cc2)csc1N. The van der Waals surface area contributed by atoms with Gasteiger partial charge in [0.1, 0.15) is 0 Å². The van der Waals surface area contributed by atoms with E-state index < -0.39 is 5.91 Å². The molecule has 0 saturated heterocycles. The van der Waals surface area contributed by atoms with E-state index in [-0.39, 0.29) is 6.03 Å². The molecular weight excluding hydrogens is 372 g/mol. The van der Waals surface area contributed by atoms with Gasteiger partial charge >= 0.3 is 6.03 Å². The minimum Gasteiger partial charge on any atom is -0.390 e. The van der Waals surface area contributed by atoms with Crippen LogP contribution in [0.5, 0.6) is 0 Å². The second-order valence-corrected chi connectivity index (χ2v) is 7.66. The average molecular weight is 392 g/mol. The van der Waals surface area contributed by atoms with Crippen LogP contribution in [0.15, 0.2) is 47.8 Å². The maximum absolute atomic E-state index is 12.3. The highest BCUT2D eigenvalue weighted by atomic mass is 32.1. The Kier molecular flexibility index (Phi) is 4.75. The molecule has 4 rings (SSSR count). The van der Waals surface area contributed by atoms with Crippen LogP contribution in [-0.2, 0) is 12.8 Å². The Morgan fingerprint density at radius 1 is 0.929 bits per heavy atom. The molecule has 0 saturated carbocycles. The van der Waals surface area contributed by atoms with E-state index in [1.807, 2.05) is 24.3 Å². The van der Waals surface area contributed by atoms with E-state index in [0.717, 1.165) is 24.1 Å². The summed E-state index contributed by atoms with van der Waals surface area (Å²) < 4.78 is 0. The van der Waals surface area contributed by atoms with Gasteiger partial charge in [0.25, 0.3) is 5.91 Å². The Balaban J connectivity index is 1.45. The summed E-state index contributed by atoms with van der Waals surface area (Å²) in [6, 6.07) is 12.9. The largest absolute Gasteiger partial charge is 0.390 e. The summed E-state index contributed by atoms with van der Waals surface area (Å²) >= 11 is 1.28. The number of anilines is 3. The minimum absolute atomic E-state index is 0.303. The predicted molar refractivity (Wildman–Crippen MR) is 114 cm³/mol. The number of primary amides is 1. The van der Waals surface area contributed by atoms with Crippen LogP contribution in [0.1, 0.15) is 27.9 Å². The fourth-order valence-corrected chi connectivity index (χ4v) is 4.34. The Morgan fingerprint density at radius 2 is 1.61 bits per heavy atom. The van der Waals surface area contributed by atoms with Gasteiger partial charge < -0.3 is 22.1 Å². The van der Waals surface area contributed by atoms with E-state index in [1.54, 1.807) is 17.5 Å². The molecule has 0 fully saturated rings. The molecule has 1 aliphatic rings. The lowest BCUT2D eigenvalue weighted by molar-refractivity contribution is 0.100. The molecule has 6 nitrogen and oxygen atoms in total. The number of urea groups is 1. The van der Waals surface area contributed by atoms with E-state index in [0.29, 0.717) is 21.8 Å². The minimum atomic E-state index is -0.551. The molecule has 3 aromatic rings. The number of thiophene rings is 1. The first-order valence-electron chi connectivity index (χ1n) is 8.98. The van der Waals surface area contributed by atoms with Gasteiger partial charge in [0, 0.05) is 22.3 Å². The number of rotatable bonds is 4. The number of hydrogen-bond acceptors (Lipinski definition) is 4. The van der Waals surface area contributed by atoms with Gasteiger partial charge in [-0.05, 0) is 60.2 Å². The van der Waals surface area contributed by atoms with Crippen LogP contribution in [0.3, 0.4) is 0 Å². The molecule has 142 valence electrons. The number of nitrogen functional groups attached to an aromatic ring is 1. The average Bonchev–Trinajstić information content (AvgIpc) is 3.28. The number of nitrogens with two attached hydrogens (primary N) is 2. The monoisotopic (exact) mass is 392 g/mol. The molecule has 3 amide bonds. The topological polar surface area (TPSA) is 110 Å². The highest BCUT2D eigenvalue weighted by Gasteiger charge is 2.16. The van der Waals surface area contributed by atoms with Crippen LogP contribution in [0, 0.1) is 0 Å². The number of fused-ring (bicyclic) bond motifs is 1. The lowest BCUT2D eigenvalue weighted by Crippen LogP contribution is -2.19. The van der Waals surface area contributed by atoms with E-state index in [9.17, 15) is 9.59 Å². The smallest absolute Gasteiger partial charge is 0.323 e. The molecule has 28 heavy (non-hydrogen) atoms. The van der Waals surface area contributed by atoms with Crippen LogP contribution in [0.25, 0.3) is 11.1 Å². The Labute approximate surface area is 166 Å². The van der Waals surface area contributed by atoms with Gasteiger partial charge in [-0.25, -0.2) is 4.79 Å². The molecular formula is C21H20N4O2S. The summed E-state index contributed by atoms with van der Waals surface area (Å²) in [5, 5.41) is 7.89. The molecule has 6 N–H and O–H groups in total. The molecule has 1 aliphatic carbocycles. The van der Waals surface area contributed by atoms with Gasteiger partial charge in [0.05, 0.1) is 10.6 Å². The van der Waals surface area contributed by atoms with Gasteiger partial charge in [-0.3, -0.25) is 4.79 Å². The molecule has 0 atom stereocenters. The number of nitrogens with one attached hydrogen (secondary N) is 2. The lowest BCUT2D eigenvalue weighted by atomic mass is 10.0. The van der Waals surface area contributed by atoms with Crippen LogP contribution in [0.2, 0.25) is 0 Å². The molecule has 0 bridgehead atoms. The fourth-order valence-electron chi connectivity index (χ4n) is 3.52. The number of hydrogen-bond donors (Lipinski definition) is 4. The molecule has 1 aromatic heterocycles. The maximum Gasteiger partial charge on any atom is 0.323 e. The molecule has 0 unspecified atom stereocenters. The summed E-state index contributed by atoms with van der Waals surface area (Å²) in [4.78, 5) is 23.9. The van der Waals surface area contributed by atoms with Crippen molar-refractivity contribution in [3.05, 3.63) is 64.5 Å². The van der Waals surface area contributed by atoms with Crippen molar-refractivity contribution in [3.63, 3.8) is 0 Å². The number of carbonyl (C=O) groups is 2. The third kappa shape index (κ3) is 3.57. The summed E-state index contributed by atoms with van der Waals surface area (Å²) in [7, 11) is 0. The standard InChI is InChI=1S/C21H20N4O2S/c22-19(26)18-17(11-28-20(18)23)13-5-7-15(8-6-13)24-21(27)25-16-9-4-12-2-1-3-14(12)10-16/h4-11H,1-3,23H2,(H2,22,26)(H2,24,25,27). The van der Waals surface area contributed by atoms with Crippen LogP contribution < -0.4 is 22.1 Å². The van der Waals surface area contributed by atoms with Crippen molar-refractivity contribution in [2.75, 3.05) is 16.4 Å². The third-order valence-electron chi connectivity index (χ3n) is 4.88. The predicted octanol–water partition coefficient (Wildman–Crippen LogP) is 4.23. The lowest BCUT2D eigenvalue weighted by Gasteiger charge is -2.10. The quantitative estimate of drug-likeness (QED) is 0.533. The van der Waals surface area contributed by atoms with Gasteiger partial charge in [0.2, 0.25) is 0 Å². The maximum atomic E-state index is 12.3. The number of benzene rings is 2. The first kappa shape index (κ1) is 18.1. The van der Waals surface area contributed by atoms with E-state index >= 15 is 0 Å². The fraction of sp³-hybridized carbons (Fsp3) is 0.143. The van der Waals surface area contributed by atoms with Crippen LogP contribution in [0.4, 0.5) is 21.2 Å². The number of aryl methyl sites for hydroxylation is 2. The van der Waals surface area contributed by atoms with Gasteiger partial charge in [-0.1, -0.05) is 18.2 Å². The normalized spacial score (nSPS) is 12.4. The summed E-state index contributed by atoms with van der Waals surface area (Å²) in [5.74, 6) is -0.551. The summed E-state index contributed by atoms with van der Waals surface area (Å²) in [6.07, 6.45) is 3.35. The zero-order chi connectivity index (χ0) is 19.7. The molecule has 0 aliphatic heterocycles. The Hall–Kier alpha value is -3.32. The second kappa shape index (κ2) is 7.36. The van der Waals surface area contributed by atoms with E-state index in [4.69, 9.17) is 11.5 Å². The Morgan fingerprint density at radius 3 is 2.36 bits per heavy atom. The zero-order valence-electron chi connectivity index (χ0n) is 15.1. The molecule has 0 spiro atoms. The number of amides is 3. The molecule has 7 heteroatoms. The molecule has 1 heterocycles. The number of carbonyl (C=O) groups excluding carboxylic acids is 2. The van der Waals surface area contributed by atoms with Gasteiger partial charge in [-0.15, -0.1) is 11.3 Å². The van der Waals surface area contributed by atoms with Crippen molar-refractivity contribution in [3.8, 4) is 11.1 Å². The highest BCUT2D eigenvalue weighted by Crippen LogP contribution is 2.33. The van der Waals surface area contributed by atoms with Crippen molar-refractivity contribution in [2.45, 2.75) is 19.3 Å². The van der Waals surface area contributed by atoms with Gasteiger partial charge in [0.15, 0.2) is 0 Å². The van der Waals surface area contributed by atoms with Crippen molar-refractivity contribution >= 4 is 39.7 Å². The third-order valence-corrected chi connectivity index (χ3v) is 5.69. The van der Waals surface area contributed by atoms with E-state index in [1.165, 1.54) is 28.9 Å². The van der Waals surface area contributed by atoms with Crippen LogP contribution >= 0.6 is 11.3 Å². The summed E-state index contributed by atoms with van der Waals surface area (Å²) in [6.45, 7) is 0. The van der Waals surface area contributed by atoms with Crippen molar-refractivity contribution < 1.29 is 9.59 Å². The zero-order valence-corrected chi connectivity index (χ0v) is 15.9. The highest BCUT2D eigenvalue weighted by molar-refractivity contribution is 7.15. The molecule has 0 radical (unpaired) electrons. The van der Waals surface area contributed by atoms with Crippen LogP contribution in [-0.4, -0.2) is 11.9 Å². The Bertz CT molecular complexity index is 1060. The van der Waals surface area contributed by atoms with E-state index in [2.05, 4.69) is 16.7 Å². The second-order valence-electron chi connectivity index (χ2n) is 6.75. The van der Waals surface area contributed by atoms with Crippen molar-refractivity contribution in [1.29, 1.82) is 0 Å². The molecule has 2 aromatic carbocycles. The first-order chi connectivity index (χ1) is 13.5.